The molecule has 0 saturated heterocycles. The second kappa shape index (κ2) is 9.74. The van der Waals surface area contributed by atoms with Gasteiger partial charge >= 0.3 is 6.18 Å². The maximum absolute atomic E-state index is 15.3. The van der Waals surface area contributed by atoms with Crippen molar-refractivity contribution in [2.24, 2.45) is 5.92 Å². The summed E-state index contributed by atoms with van der Waals surface area (Å²) in [6.07, 6.45) is -1.10. The lowest BCUT2D eigenvalue weighted by Crippen LogP contribution is -2.56. The fraction of sp³-hybridized carbons (Fsp3) is 0.531. The van der Waals surface area contributed by atoms with Gasteiger partial charge in [-0.25, -0.2) is 8.78 Å². The van der Waals surface area contributed by atoms with Gasteiger partial charge in [0.1, 0.15) is 28.6 Å². The van der Waals surface area contributed by atoms with Crippen LogP contribution in [-0.2, 0) is 15.0 Å². The van der Waals surface area contributed by atoms with E-state index in [1.165, 1.54) is 50.2 Å². The van der Waals surface area contributed by atoms with E-state index in [2.05, 4.69) is 16.0 Å². The first-order valence-corrected chi connectivity index (χ1v) is 14.6. The molecule has 4 aliphatic carbocycles. The minimum absolute atomic E-state index is 0.0994. The third kappa shape index (κ3) is 5.50. The molecule has 3 atom stereocenters. The van der Waals surface area contributed by atoms with Gasteiger partial charge in [-0.15, -0.1) is 0 Å². The van der Waals surface area contributed by atoms with E-state index in [0.717, 1.165) is 12.8 Å². The number of amides is 2. The molecule has 4 saturated carbocycles. The molecule has 6 rings (SSSR count). The summed E-state index contributed by atoms with van der Waals surface area (Å²) < 4.78 is 73.6. The van der Waals surface area contributed by atoms with Crippen molar-refractivity contribution < 1.29 is 31.5 Å². The van der Waals surface area contributed by atoms with Gasteiger partial charge in [-0.05, 0) is 81.5 Å². The van der Waals surface area contributed by atoms with Crippen LogP contribution in [-0.4, -0.2) is 40.8 Å². The van der Waals surface area contributed by atoms with E-state index in [9.17, 15) is 32.4 Å². The second-order valence-corrected chi connectivity index (χ2v) is 13.2. The molecule has 2 unspecified atom stereocenters. The molecule has 0 aliphatic heterocycles. The quantitative estimate of drug-likeness (QED) is 0.306. The summed E-state index contributed by atoms with van der Waals surface area (Å²) in [5.41, 5.74) is -4.80. The molecular weight excluding hydrogens is 567 g/mol. The predicted octanol–water partition coefficient (Wildman–Crippen LogP) is 5.68. The molecule has 4 fully saturated rings. The molecule has 0 aromatic heterocycles. The summed E-state index contributed by atoms with van der Waals surface area (Å²) in [7, 11) is 0. The van der Waals surface area contributed by atoms with Gasteiger partial charge in [0, 0.05) is 17.5 Å². The maximum Gasteiger partial charge on any atom is 0.407 e. The molecule has 6 nitrogen and oxygen atoms in total. The van der Waals surface area contributed by atoms with E-state index in [1.54, 1.807) is 6.07 Å². The number of carbonyl (C=O) groups excluding carboxylic acids is 2. The monoisotopic (exact) mass is 600 g/mol. The first kappa shape index (κ1) is 29.5. The highest BCUT2D eigenvalue weighted by Crippen LogP contribution is 2.55. The summed E-state index contributed by atoms with van der Waals surface area (Å²) in [5, 5.41) is 17.3. The van der Waals surface area contributed by atoms with E-state index in [-0.39, 0.29) is 29.5 Å². The van der Waals surface area contributed by atoms with Gasteiger partial charge < -0.3 is 10.6 Å². The minimum atomic E-state index is -4.85. The van der Waals surface area contributed by atoms with Crippen LogP contribution in [0.2, 0.25) is 0 Å². The van der Waals surface area contributed by atoms with E-state index in [1.807, 2.05) is 6.07 Å². The van der Waals surface area contributed by atoms with Crippen molar-refractivity contribution in [3.05, 3.63) is 59.4 Å². The molecule has 3 N–H and O–H groups in total. The third-order valence-electron chi connectivity index (χ3n) is 9.41. The van der Waals surface area contributed by atoms with Gasteiger partial charge in [-0.2, -0.15) is 18.4 Å². The zero-order valence-corrected chi connectivity index (χ0v) is 23.9. The maximum atomic E-state index is 15.3. The van der Waals surface area contributed by atoms with E-state index < -0.39 is 52.0 Å². The van der Waals surface area contributed by atoms with Gasteiger partial charge in [-0.3, -0.25) is 14.9 Å². The number of hydrogen-bond acceptors (Lipinski definition) is 4. The summed E-state index contributed by atoms with van der Waals surface area (Å²) >= 11 is 0. The second-order valence-electron chi connectivity index (χ2n) is 13.2. The Balaban J connectivity index is 1.24. The average molecular weight is 601 g/mol. The Kier molecular flexibility index (Phi) is 6.70. The molecular formula is C32H33F5N4O2. The average Bonchev–Trinajstić information content (AvgIpc) is 3.77. The number of carbonyl (C=O) groups is 2. The number of nitrogens with zero attached hydrogens (tertiary/aromatic N) is 1. The first-order valence-electron chi connectivity index (χ1n) is 14.6. The lowest BCUT2D eigenvalue weighted by molar-refractivity contribution is -0.162. The van der Waals surface area contributed by atoms with Gasteiger partial charge in [-0.1, -0.05) is 36.4 Å². The minimum Gasteiger partial charge on any atom is -0.353 e. The topological polar surface area (TPSA) is 94.0 Å². The van der Waals surface area contributed by atoms with Crippen LogP contribution in [0.25, 0.3) is 11.1 Å². The van der Waals surface area contributed by atoms with Gasteiger partial charge in [0.05, 0.1) is 11.5 Å². The van der Waals surface area contributed by atoms with Gasteiger partial charge in [0.15, 0.2) is 0 Å². The summed E-state index contributed by atoms with van der Waals surface area (Å²) in [4.78, 5) is 26.0. The number of hydrogen-bond donors (Lipinski definition) is 3. The van der Waals surface area contributed by atoms with Crippen molar-refractivity contribution in [3.63, 3.8) is 0 Å². The largest absolute Gasteiger partial charge is 0.407 e. The van der Waals surface area contributed by atoms with Crippen LogP contribution in [0.15, 0.2) is 42.5 Å². The van der Waals surface area contributed by atoms with Crippen molar-refractivity contribution in [2.75, 3.05) is 0 Å². The predicted molar refractivity (Wildman–Crippen MR) is 148 cm³/mol. The number of nitriles is 1. The fourth-order valence-electron chi connectivity index (χ4n) is 6.12. The Morgan fingerprint density at radius 2 is 1.63 bits per heavy atom. The molecule has 228 valence electrons. The standard InChI is InChI=1S/C32H33F5N4O2/c1-28(2,34)24-16-31(24,27(43)41-29(17-38)11-12-29)40-25(32(35,36)37)19-5-3-18(4-6-19)22-10-7-20(15-23(22)33)30(13-14-30)26(42)39-21-8-9-21/h3-7,10,15,21,24-25,40H,8-9,11-14,16H2,1-2H3,(H,39,42)(H,41,43)/t24?,25-,31?/m0/s1. The molecule has 4 aliphatic rings. The third-order valence-corrected chi connectivity index (χ3v) is 9.41. The van der Waals surface area contributed by atoms with Crippen LogP contribution in [0.1, 0.15) is 76.0 Å². The molecule has 2 aromatic carbocycles. The van der Waals surface area contributed by atoms with Crippen LogP contribution in [0, 0.1) is 23.1 Å². The van der Waals surface area contributed by atoms with E-state index in [4.69, 9.17) is 0 Å². The highest BCUT2D eigenvalue weighted by molar-refractivity contribution is 5.92. The summed E-state index contributed by atoms with van der Waals surface area (Å²) in [5.74, 6) is -2.55. The van der Waals surface area contributed by atoms with Crippen LogP contribution in [0.4, 0.5) is 22.0 Å². The Morgan fingerprint density at radius 1 is 0.977 bits per heavy atom. The van der Waals surface area contributed by atoms with Crippen molar-refractivity contribution >= 4 is 11.8 Å². The molecule has 0 heterocycles. The van der Waals surface area contributed by atoms with Crippen molar-refractivity contribution in [3.8, 4) is 17.2 Å². The van der Waals surface area contributed by atoms with E-state index >= 15 is 4.39 Å². The van der Waals surface area contributed by atoms with Crippen LogP contribution in [0.5, 0.6) is 0 Å². The zero-order valence-electron chi connectivity index (χ0n) is 23.9. The van der Waals surface area contributed by atoms with Crippen LogP contribution >= 0.6 is 0 Å². The number of benzene rings is 2. The Morgan fingerprint density at radius 3 is 2.09 bits per heavy atom. The lowest BCUT2D eigenvalue weighted by Gasteiger charge is -2.30. The number of nitrogens with one attached hydrogen (secondary N) is 3. The summed E-state index contributed by atoms with van der Waals surface area (Å²) in [6.45, 7) is 2.43. The molecule has 0 spiro atoms. The Hall–Kier alpha value is -3.52. The smallest absolute Gasteiger partial charge is 0.353 e. The lowest BCUT2D eigenvalue weighted by atomic mass is 9.91. The SMILES string of the molecule is CC(C)(F)C1CC1(N[C@@H](c1ccc(-c2ccc(C3(C(=O)NC4CC4)CC3)cc2F)cc1)C(F)(F)F)C(=O)NC1(C#N)CC1. The Labute approximate surface area is 246 Å². The highest BCUT2D eigenvalue weighted by atomic mass is 19.4. The molecule has 0 radical (unpaired) electrons. The summed E-state index contributed by atoms with van der Waals surface area (Å²) in [6, 6.07) is 9.55. The molecule has 0 bridgehead atoms. The highest BCUT2D eigenvalue weighted by Gasteiger charge is 2.69. The van der Waals surface area contributed by atoms with Crippen molar-refractivity contribution in [1.29, 1.82) is 5.26 Å². The normalized spacial score (nSPS) is 25.7. The number of halogens is 5. The van der Waals surface area contributed by atoms with Gasteiger partial charge in [0.2, 0.25) is 11.8 Å². The molecule has 43 heavy (non-hydrogen) atoms. The van der Waals surface area contributed by atoms with Crippen molar-refractivity contribution in [1.82, 2.24) is 16.0 Å². The molecule has 2 amide bonds. The Bertz CT molecular complexity index is 1500. The molecule has 2 aromatic rings. The first-order chi connectivity index (χ1) is 20.1. The number of alkyl halides is 4. The van der Waals surface area contributed by atoms with Gasteiger partial charge in [0.25, 0.3) is 0 Å². The van der Waals surface area contributed by atoms with E-state index in [0.29, 0.717) is 36.8 Å². The number of rotatable bonds is 10. The van der Waals surface area contributed by atoms with Crippen molar-refractivity contribution in [2.45, 2.75) is 99.2 Å². The fourth-order valence-corrected chi connectivity index (χ4v) is 6.12. The zero-order chi connectivity index (χ0) is 31.0. The van der Waals surface area contributed by atoms with Crippen LogP contribution in [0.3, 0.4) is 0 Å². The molecule has 11 heteroatoms. The van der Waals surface area contributed by atoms with Crippen LogP contribution < -0.4 is 16.0 Å².